The zero-order valence-corrected chi connectivity index (χ0v) is 7.66. The fourth-order valence-corrected chi connectivity index (χ4v) is 1.05. The average Bonchev–Trinajstić information content (AvgIpc) is 2.17. The van der Waals surface area contributed by atoms with Gasteiger partial charge in [0.25, 0.3) is 0 Å². The van der Waals surface area contributed by atoms with E-state index < -0.39 is 0 Å². The summed E-state index contributed by atoms with van der Waals surface area (Å²) in [6.07, 6.45) is 9.07. The molecule has 0 bridgehead atoms. The van der Waals surface area contributed by atoms with Gasteiger partial charge in [0.1, 0.15) is 12.4 Å². The van der Waals surface area contributed by atoms with Crippen molar-refractivity contribution >= 4 is 6.08 Å². The maximum atomic E-state index is 5.35. The van der Waals surface area contributed by atoms with Crippen LogP contribution in [0, 0.1) is 12.3 Å². The molecule has 0 aliphatic carbocycles. The fourth-order valence-electron chi connectivity index (χ4n) is 1.05. The minimum Gasteiger partial charge on any atom is -0.480 e. The highest BCUT2D eigenvalue weighted by Gasteiger charge is 1.96. The normalized spacial score (nSPS) is 9.85. The smallest absolute Gasteiger partial charge is 0.148 e. The molecule has 0 spiro atoms. The van der Waals surface area contributed by atoms with Crippen molar-refractivity contribution in [3.63, 3.8) is 0 Å². The first kappa shape index (κ1) is 9.41. The molecule has 0 aliphatic rings. The van der Waals surface area contributed by atoms with Gasteiger partial charge in [0, 0.05) is 5.56 Å². The van der Waals surface area contributed by atoms with Crippen LogP contribution < -0.4 is 4.74 Å². The monoisotopic (exact) mass is 172 g/mol. The van der Waals surface area contributed by atoms with Gasteiger partial charge in [-0.25, -0.2) is 0 Å². The molecule has 1 nitrogen and oxygen atoms in total. The summed E-state index contributed by atoms with van der Waals surface area (Å²) in [5.74, 6) is 3.27. The SMILES string of the molecule is C#CCOc1ccccc1/C=C/C. The lowest BCUT2D eigenvalue weighted by Gasteiger charge is -2.05. The van der Waals surface area contributed by atoms with Crippen LogP contribution in [0.5, 0.6) is 5.75 Å². The topological polar surface area (TPSA) is 9.23 Å². The van der Waals surface area contributed by atoms with Gasteiger partial charge in [-0.05, 0) is 13.0 Å². The van der Waals surface area contributed by atoms with Gasteiger partial charge in [-0.3, -0.25) is 0 Å². The first-order valence-corrected chi connectivity index (χ1v) is 4.16. The van der Waals surface area contributed by atoms with Gasteiger partial charge in [-0.15, -0.1) is 6.42 Å². The van der Waals surface area contributed by atoms with E-state index in [1.807, 2.05) is 43.3 Å². The van der Waals surface area contributed by atoms with Crippen molar-refractivity contribution in [2.24, 2.45) is 0 Å². The molecule has 1 aromatic carbocycles. The third-order valence-corrected chi connectivity index (χ3v) is 1.58. The number of ether oxygens (including phenoxy) is 1. The van der Waals surface area contributed by atoms with Gasteiger partial charge in [-0.1, -0.05) is 36.3 Å². The van der Waals surface area contributed by atoms with Crippen LogP contribution >= 0.6 is 0 Å². The summed E-state index contributed by atoms with van der Waals surface area (Å²) in [5.41, 5.74) is 1.06. The van der Waals surface area contributed by atoms with E-state index in [0.717, 1.165) is 11.3 Å². The zero-order valence-electron chi connectivity index (χ0n) is 7.66. The zero-order chi connectivity index (χ0) is 9.52. The highest BCUT2D eigenvalue weighted by Crippen LogP contribution is 2.18. The molecule has 0 aromatic heterocycles. The maximum Gasteiger partial charge on any atom is 0.148 e. The molecule has 1 heteroatoms. The van der Waals surface area contributed by atoms with Gasteiger partial charge < -0.3 is 4.74 Å². The molecular weight excluding hydrogens is 160 g/mol. The van der Waals surface area contributed by atoms with Gasteiger partial charge in [0.05, 0.1) is 0 Å². The first-order chi connectivity index (χ1) is 6.38. The van der Waals surface area contributed by atoms with Gasteiger partial charge in [0.15, 0.2) is 0 Å². The van der Waals surface area contributed by atoms with Crippen LogP contribution in [0.4, 0.5) is 0 Å². The molecule has 0 radical (unpaired) electrons. The predicted molar refractivity (Wildman–Crippen MR) is 55.5 cm³/mol. The Morgan fingerprint density at radius 3 is 2.92 bits per heavy atom. The molecule has 1 rings (SSSR count). The van der Waals surface area contributed by atoms with E-state index in [-0.39, 0.29) is 0 Å². The summed E-state index contributed by atoms with van der Waals surface area (Å²) >= 11 is 0. The molecular formula is C12H12O. The minimum absolute atomic E-state index is 0.314. The summed E-state index contributed by atoms with van der Waals surface area (Å²) in [4.78, 5) is 0. The Morgan fingerprint density at radius 2 is 2.23 bits per heavy atom. The summed E-state index contributed by atoms with van der Waals surface area (Å²) in [5, 5.41) is 0. The third kappa shape index (κ3) is 2.68. The number of terminal acetylenes is 1. The van der Waals surface area contributed by atoms with E-state index in [9.17, 15) is 0 Å². The average molecular weight is 172 g/mol. The van der Waals surface area contributed by atoms with E-state index >= 15 is 0 Å². The maximum absolute atomic E-state index is 5.35. The lowest BCUT2D eigenvalue weighted by molar-refractivity contribution is 0.369. The van der Waals surface area contributed by atoms with Gasteiger partial charge >= 0.3 is 0 Å². The molecule has 0 fully saturated rings. The van der Waals surface area contributed by atoms with E-state index in [4.69, 9.17) is 11.2 Å². The number of benzene rings is 1. The van der Waals surface area contributed by atoms with Crippen LogP contribution in [0.3, 0.4) is 0 Å². The van der Waals surface area contributed by atoms with Crippen LogP contribution in [0.1, 0.15) is 12.5 Å². The second-order valence-corrected chi connectivity index (χ2v) is 2.53. The molecule has 0 N–H and O–H groups in total. The lowest BCUT2D eigenvalue weighted by atomic mass is 10.2. The van der Waals surface area contributed by atoms with E-state index in [2.05, 4.69) is 5.92 Å². The Hall–Kier alpha value is -1.68. The van der Waals surface area contributed by atoms with Crippen LogP contribution in [0.15, 0.2) is 30.3 Å². The van der Waals surface area contributed by atoms with E-state index in [0.29, 0.717) is 6.61 Å². The third-order valence-electron chi connectivity index (χ3n) is 1.58. The minimum atomic E-state index is 0.314. The fraction of sp³-hybridized carbons (Fsp3) is 0.167. The molecule has 0 aliphatic heterocycles. The Labute approximate surface area is 79.0 Å². The van der Waals surface area contributed by atoms with Crippen LogP contribution in [-0.4, -0.2) is 6.61 Å². The van der Waals surface area contributed by atoms with Crippen molar-refractivity contribution < 1.29 is 4.74 Å². The standard InChI is InChI=1S/C12H12O/c1-3-7-11-8-5-6-9-12(11)13-10-4-2/h2-3,5-9H,10H2,1H3/b7-3+. The molecule has 0 amide bonds. The molecule has 13 heavy (non-hydrogen) atoms. The number of para-hydroxylation sites is 1. The first-order valence-electron chi connectivity index (χ1n) is 4.16. The van der Waals surface area contributed by atoms with Gasteiger partial charge in [0.2, 0.25) is 0 Å². The molecule has 1 aromatic rings. The molecule has 66 valence electrons. The summed E-state index contributed by atoms with van der Waals surface area (Å²) in [6, 6.07) is 7.80. The van der Waals surface area contributed by atoms with Crippen molar-refractivity contribution in [3.8, 4) is 18.1 Å². The Kier molecular flexibility index (Phi) is 3.66. The molecule has 0 atom stereocenters. The van der Waals surface area contributed by atoms with Crippen molar-refractivity contribution in [3.05, 3.63) is 35.9 Å². The van der Waals surface area contributed by atoms with Crippen LogP contribution in [-0.2, 0) is 0 Å². The second-order valence-electron chi connectivity index (χ2n) is 2.53. The Bertz CT molecular complexity index is 331. The van der Waals surface area contributed by atoms with Gasteiger partial charge in [-0.2, -0.15) is 0 Å². The number of rotatable bonds is 3. The van der Waals surface area contributed by atoms with Crippen molar-refractivity contribution in [1.29, 1.82) is 0 Å². The van der Waals surface area contributed by atoms with E-state index in [1.54, 1.807) is 0 Å². The van der Waals surface area contributed by atoms with Crippen LogP contribution in [0.2, 0.25) is 0 Å². The summed E-state index contributed by atoms with van der Waals surface area (Å²) < 4.78 is 5.35. The van der Waals surface area contributed by atoms with Crippen molar-refractivity contribution in [2.75, 3.05) is 6.61 Å². The Balaban J connectivity index is 2.85. The largest absolute Gasteiger partial charge is 0.480 e. The molecule has 0 saturated heterocycles. The highest BCUT2D eigenvalue weighted by molar-refractivity contribution is 5.56. The number of hydrogen-bond acceptors (Lipinski definition) is 1. The molecule has 0 heterocycles. The predicted octanol–water partition coefficient (Wildman–Crippen LogP) is 2.73. The number of allylic oxidation sites excluding steroid dienone is 1. The molecule has 0 unspecified atom stereocenters. The van der Waals surface area contributed by atoms with Crippen molar-refractivity contribution in [1.82, 2.24) is 0 Å². The summed E-state index contributed by atoms with van der Waals surface area (Å²) in [6.45, 7) is 2.28. The second kappa shape index (κ2) is 5.05. The lowest BCUT2D eigenvalue weighted by Crippen LogP contribution is -1.94. The highest BCUT2D eigenvalue weighted by atomic mass is 16.5. The number of hydrogen-bond donors (Lipinski definition) is 0. The Morgan fingerprint density at radius 1 is 1.46 bits per heavy atom. The molecule has 0 saturated carbocycles. The van der Waals surface area contributed by atoms with E-state index in [1.165, 1.54) is 0 Å². The summed E-state index contributed by atoms with van der Waals surface area (Å²) in [7, 11) is 0. The van der Waals surface area contributed by atoms with Crippen molar-refractivity contribution in [2.45, 2.75) is 6.92 Å². The quantitative estimate of drug-likeness (QED) is 0.637. The van der Waals surface area contributed by atoms with Crippen LogP contribution in [0.25, 0.3) is 6.08 Å².